The first-order valence-electron chi connectivity index (χ1n) is 7.96. The minimum atomic E-state index is -1.01. The van der Waals surface area contributed by atoms with Gasteiger partial charge in [-0.1, -0.05) is 33.6 Å². The highest BCUT2D eigenvalue weighted by atomic mass is 16.7. The van der Waals surface area contributed by atoms with E-state index in [1.807, 2.05) is 6.92 Å². The molecule has 0 bridgehead atoms. The summed E-state index contributed by atoms with van der Waals surface area (Å²) in [5.74, 6) is -1.34. The SMILES string of the molecule is CC(=O)O[C@H](C)OC(=O)NC[C@@H](C[C@@H](C)CCC(C)C)C(=O)O. The molecule has 0 aliphatic heterocycles. The molecule has 0 rings (SSSR count). The number of carbonyl (C=O) groups excluding carboxylic acids is 2. The zero-order valence-corrected chi connectivity index (χ0v) is 14.6. The Morgan fingerprint density at radius 1 is 1.04 bits per heavy atom. The number of hydrogen-bond donors (Lipinski definition) is 2. The Morgan fingerprint density at radius 3 is 2.13 bits per heavy atom. The molecule has 0 fully saturated rings. The second-order valence-electron chi connectivity index (χ2n) is 6.31. The number of amides is 1. The molecule has 23 heavy (non-hydrogen) atoms. The molecule has 2 N–H and O–H groups in total. The maximum Gasteiger partial charge on any atom is 0.410 e. The van der Waals surface area contributed by atoms with Gasteiger partial charge in [0.05, 0.1) is 5.92 Å². The zero-order chi connectivity index (χ0) is 18.0. The molecule has 0 unspecified atom stereocenters. The summed E-state index contributed by atoms with van der Waals surface area (Å²) in [7, 11) is 0. The van der Waals surface area contributed by atoms with Crippen molar-refractivity contribution in [3.8, 4) is 0 Å². The molecule has 1 amide bonds. The molecule has 7 heteroatoms. The first kappa shape index (κ1) is 21.2. The lowest BCUT2D eigenvalue weighted by molar-refractivity contribution is -0.162. The van der Waals surface area contributed by atoms with Gasteiger partial charge in [0.25, 0.3) is 0 Å². The van der Waals surface area contributed by atoms with Crippen LogP contribution in [0.15, 0.2) is 0 Å². The molecule has 0 spiro atoms. The van der Waals surface area contributed by atoms with Gasteiger partial charge in [0, 0.05) is 20.4 Å². The zero-order valence-electron chi connectivity index (χ0n) is 14.6. The molecule has 0 aliphatic rings. The number of esters is 1. The van der Waals surface area contributed by atoms with Crippen LogP contribution in [0, 0.1) is 17.8 Å². The molecular weight excluding hydrogens is 302 g/mol. The largest absolute Gasteiger partial charge is 0.481 e. The van der Waals surface area contributed by atoms with E-state index in [9.17, 15) is 19.5 Å². The van der Waals surface area contributed by atoms with Crippen LogP contribution in [0.5, 0.6) is 0 Å². The van der Waals surface area contributed by atoms with Gasteiger partial charge in [0.15, 0.2) is 0 Å². The van der Waals surface area contributed by atoms with Crippen LogP contribution in [0.25, 0.3) is 0 Å². The molecule has 0 radical (unpaired) electrons. The van der Waals surface area contributed by atoms with Gasteiger partial charge in [-0.2, -0.15) is 0 Å². The third-order valence-corrected chi connectivity index (χ3v) is 3.37. The number of carboxylic acids is 1. The Hall–Kier alpha value is -1.79. The topological polar surface area (TPSA) is 102 Å². The number of carbonyl (C=O) groups is 3. The molecule has 0 aliphatic carbocycles. The minimum Gasteiger partial charge on any atom is -0.481 e. The van der Waals surface area contributed by atoms with E-state index in [4.69, 9.17) is 4.74 Å². The van der Waals surface area contributed by atoms with Crippen molar-refractivity contribution in [2.24, 2.45) is 17.8 Å². The highest BCUT2D eigenvalue weighted by Gasteiger charge is 2.22. The Labute approximate surface area is 137 Å². The average Bonchev–Trinajstić information content (AvgIpc) is 2.39. The smallest absolute Gasteiger partial charge is 0.410 e. The van der Waals surface area contributed by atoms with Crippen molar-refractivity contribution >= 4 is 18.0 Å². The van der Waals surface area contributed by atoms with Crippen molar-refractivity contribution in [3.63, 3.8) is 0 Å². The number of aliphatic carboxylic acids is 1. The van der Waals surface area contributed by atoms with Gasteiger partial charge in [0.1, 0.15) is 0 Å². The number of ether oxygens (including phenoxy) is 2. The summed E-state index contributed by atoms with van der Waals surface area (Å²) in [4.78, 5) is 33.5. The molecule has 0 aromatic rings. The van der Waals surface area contributed by atoms with Crippen LogP contribution >= 0.6 is 0 Å². The van der Waals surface area contributed by atoms with Crippen LogP contribution in [-0.2, 0) is 19.1 Å². The lowest BCUT2D eigenvalue weighted by Crippen LogP contribution is -2.36. The first-order valence-corrected chi connectivity index (χ1v) is 7.96. The third-order valence-electron chi connectivity index (χ3n) is 3.37. The highest BCUT2D eigenvalue weighted by Crippen LogP contribution is 2.19. The fourth-order valence-corrected chi connectivity index (χ4v) is 2.15. The summed E-state index contributed by atoms with van der Waals surface area (Å²) in [6.07, 6.45) is 0.667. The van der Waals surface area contributed by atoms with Gasteiger partial charge in [0.2, 0.25) is 6.29 Å². The standard InChI is InChI=1S/C16H29NO6/c1-10(2)6-7-11(3)8-14(15(19)20)9-17-16(21)23-13(5)22-12(4)18/h10-11,13-14H,6-9H2,1-5H3,(H,17,21)(H,19,20)/t11-,13-,14+/m0/s1. The summed E-state index contributed by atoms with van der Waals surface area (Å²) in [5, 5.41) is 11.7. The fraction of sp³-hybridized carbons (Fsp3) is 0.812. The lowest BCUT2D eigenvalue weighted by atomic mass is 9.90. The van der Waals surface area contributed by atoms with E-state index in [1.54, 1.807) is 0 Å². The third kappa shape index (κ3) is 11.4. The van der Waals surface area contributed by atoms with Crippen LogP contribution in [0.1, 0.15) is 53.9 Å². The van der Waals surface area contributed by atoms with Crippen molar-refractivity contribution in [1.82, 2.24) is 5.32 Å². The van der Waals surface area contributed by atoms with Crippen molar-refractivity contribution in [3.05, 3.63) is 0 Å². The summed E-state index contributed by atoms with van der Waals surface area (Å²) in [6.45, 7) is 8.86. The van der Waals surface area contributed by atoms with Crippen LogP contribution < -0.4 is 5.32 Å². The molecule has 134 valence electrons. The summed E-state index contributed by atoms with van der Waals surface area (Å²) < 4.78 is 9.44. The van der Waals surface area contributed by atoms with Crippen molar-refractivity contribution in [2.75, 3.05) is 6.54 Å². The molecule has 0 heterocycles. The minimum absolute atomic E-state index is 0.0209. The Kier molecular flexibility index (Phi) is 10.0. The summed E-state index contributed by atoms with van der Waals surface area (Å²) in [5.41, 5.74) is 0. The van der Waals surface area contributed by atoms with Crippen LogP contribution in [-0.4, -0.2) is 36.0 Å². The summed E-state index contributed by atoms with van der Waals surface area (Å²) >= 11 is 0. The Morgan fingerprint density at radius 2 is 1.65 bits per heavy atom. The number of nitrogens with one attached hydrogen (secondary N) is 1. The van der Waals surface area contributed by atoms with E-state index in [0.717, 1.165) is 12.8 Å². The Bertz CT molecular complexity index is 396. The molecule has 0 saturated heterocycles. The maximum atomic E-state index is 11.5. The predicted molar refractivity (Wildman–Crippen MR) is 84.7 cm³/mol. The normalized spacial score (nSPS) is 14.7. The van der Waals surface area contributed by atoms with Gasteiger partial charge < -0.3 is 19.9 Å². The first-order chi connectivity index (χ1) is 10.6. The predicted octanol–water partition coefficient (Wildman–Crippen LogP) is 2.78. The molecule has 3 atom stereocenters. The van der Waals surface area contributed by atoms with Gasteiger partial charge in [-0.3, -0.25) is 9.59 Å². The van der Waals surface area contributed by atoms with E-state index in [-0.39, 0.29) is 12.5 Å². The molecule has 0 saturated carbocycles. The second kappa shape index (κ2) is 10.9. The molecule has 0 aromatic heterocycles. The van der Waals surface area contributed by atoms with Crippen molar-refractivity contribution < 1.29 is 29.0 Å². The highest BCUT2D eigenvalue weighted by molar-refractivity contribution is 5.72. The van der Waals surface area contributed by atoms with E-state index in [2.05, 4.69) is 23.9 Å². The van der Waals surface area contributed by atoms with Crippen LogP contribution in [0.3, 0.4) is 0 Å². The van der Waals surface area contributed by atoms with Crippen molar-refractivity contribution in [2.45, 2.75) is 60.2 Å². The fourth-order valence-electron chi connectivity index (χ4n) is 2.15. The number of carboxylic acid groups (broad SMARTS) is 1. The number of hydrogen-bond acceptors (Lipinski definition) is 5. The van der Waals surface area contributed by atoms with Crippen LogP contribution in [0.4, 0.5) is 4.79 Å². The maximum absolute atomic E-state index is 11.5. The number of alkyl carbamates (subject to hydrolysis) is 1. The van der Waals surface area contributed by atoms with Gasteiger partial charge in [-0.05, 0) is 18.3 Å². The molecule has 0 aromatic carbocycles. The van der Waals surface area contributed by atoms with Gasteiger partial charge in [-0.15, -0.1) is 0 Å². The quantitative estimate of drug-likeness (QED) is 0.471. The van der Waals surface area contributed by atoms with Gasteiger partial charge in [-0.25, -0.2) is 4.79 Å². The average molecular weight is 331 g/mol. The monoisotopic (exact) mass is 331 g/mol. The van der Waals surface area contributed by atoms with E-state index in [1.165, 1.54) is 13.8 Å². The van der Waals surface area contributed by atoms with E-state index in [0.29, 0.717) is 12.3 Å². The van der Waals surface area contributed by atoms with Gasteiger partial charge >= 0.3 is 18.0 Å². The number of rotatable bonds is 10. The van der Waals surface area contributed by atoms with Crippen molar-refractivity contribution in [1.29, 1.82) is 0 Å². The second-order valence-corrected chi connectivity index (χ2v) is 6.31. The van der Waals surface area contributed by atoms with Crippen LogP contribution in [0.2, 0.25) is 0 Å². The van der Waals surface area contributed by atoms with E-state index < -0.39 is 30.2 Å². The Balaban J connectivity index is 4.25. The molecule has 7 nitrogen and oxygen atoms in total. The summed E-state index contributed by atoms with van der Waals surface area (Å²) in [6, 6.07) is 0. The lowest BCUT2D eigenvalue weighted by Gasteiger charge is -2.19. The molecular formula is C16H29NO6. The van der Waals surface area contributed by atoms with E-state index >= 15 is 0 Å².